The number of likely N-dealkylation sites (N-methyl/N-ethyl adjacent to an activating group) is 1. The molecule has 0 aliphatic rings. The fraction of sp³-hybridized carbons (Fsp3) is 0.714. The minimum atomic E-state index is -1.01. The molecule has 0 aromatic rings. The maximum Gasteiger partial charge on any atom is 0.320 e. The summed E-state index contributed by atoms with van der Waals surface area (Å²) in [5.41, 5.74) is 0. The number of hydrogen-bond acceptors (Lipinski definition) is 3. The second-order valence-corrected chi connectivity index (χ2v) is 2.47. The van der Waals surface area contributed by atoms with Gasteiger partial charge >= 0.3 is 11.9 Å². The molecule has 0 aromatic carbocycles. The van der Waals surface area contributed by atoms with Crippen LogP contribution < -0.4 is 0 Å². The number of aliphatic carboxylic acids is 2. The van der Waals surface area contributed by atoms with Crippen molar-refractivity contribution in [2.45, 2.75) is 19.9 Å². The van der Waals surface area contributed by atoms with Gasteiger partial charge in [-0.2, -0.15) is 0 Å². The molecule has 0 radical (unpaired) electrons. The average molecular weight is 175 g/mol. The molecule has 12 heavy (non-hydrogen) atoms. The monoisotopic (exact) mass is 175 g/mol. The van der Waals surface area contributed by atoms with Gasteiger partial charge in [-0.25, -0.2) is 0 Å². The molecule has 0 saturated carbocycles. The van der Waals surface area contributed by atoms with E-state index in [9.17, 15) is 9.59 Å². The van der Waals surface area contributed by atoms with Crippen LogP contribution >= 0.6 is 0 Å². The first-order chi connectivity index (χ1) is 5.49. The lowest BCUT2D eigenvalue weighted by Crippen LogP contribution is -2.41. The van der Waals surface area contributed by atoms with Crippen LogP contribution in [0.3, 0.4) is 0 Å². The zero-order valence-corrected chi connectivity index (χ0v) is 7.15. The predicted molar refractivity (Wildman–Crippen MR) is 42.0 cm³/mol. The largest absolute Gasteiger partial charge is 0.480 e. The molecule has 5 heteroatoms. The van der Waals surface area contributed by atoms with Crippen LogP contribution in [0.1, 0.15) is 13.8 Å². The van der Waals surface area contributed by atoms with Gasteiger partial charge < -0.3 is 10.2 Å². The number of rotatable bonds is 5. The summed E-state index contributed by atoms with van der Waals surface area (Å²) in [5.74, 6) is -2.01. The highest BCUT2D eigenvalue weighted by Gasteiger charge is 2.20. The predicted octanol–water partition coefficient (Wildman–Crippen LogP) is -0.134. The van der Waals surface area contributed by atoms with Gasteiger partial charge in [0.1, 0.15) is 6.04 Å². The van der Waals surface area contributed by atoms with E-state index in [1.165, 1.54) is 11.8 Å². The van der Waals surface area contributed by atoms with Crippen molar-refractivity contribution in [3.63, 3.8) is 0 Å². The van der Waals surface area contributed by atoms with E-state index < -0.39 is 18.0 Å². The minimum absolute atomic E-state index is 0.232. The highest BCUT2D eigenvalue weighted by molar-refractivity contribution is 5.75. The molecule has 70 valence electrons. The molecule has 0 fully saturated rings. The maximum atomic E-state index is 10.4. The molecule has 0 amide bonds. The van der Waals surface area contributed by atoms with Crippen LogP contribution in [0.5, 0.6) is 0 Å². The van der Waals surface area contributed by atoms with Gasteiger partial charge in [0.15, 0.2) is 0 Å². The third kappa shape index (κ3) is 3.34. The van der Waals surface area contributed by atoms with Crippen molar-refractivity contribution in [1.82, 2.24) is 4.90 Å². The van der Waals surface area contributed by atoms with Crippen LogP contribution in [-0.4, -0.2) is 46.2 Å². The molecule has 0 bridgehead atoms. The van der Waals surface area contributed by atoms with Crippen molar-refractivity contribution >= 4 is 11.9 Å². The topological polar surface area (TPSA) is 77.8 Å². The molecule has 0 rings (SSSR count). The van der Waals surface area contributed by atoms with E-state index in [4.69, 9.17) is 10.2 Å². The summed E-state index contributed by atoms with van der Waals surface area (Å²) < 4.78 is 0. The van der Waals surface area contributed by atoms with Crippen molar-refractivity contribution in [1.29, 1.82) is 0 Å². The highest BCUT2D eigenvalue weighted by Crippen LogP contribution is 1.97. The minimum Gasteiger partial charge on any atom is -0.480 e. The number of carboxylic acids is 2. The molecule has 0 aliphatic carbocycles. The van der Waals surface area contributed by atoms with Crippen LogP contribution in [0.25, 0.3) is 0 Å². The molecule has 0 heterocycles. The van der Waals surface area contributed by atoms with Gasteiger partial charge in [-0.1, -0.05) is 6.92 Å². The van der Waals surface area contributed by atoms with Gasteiger partial charge in [0, 0.05) is 0 Å². The van der Waals surface area contributed by atoms with Gasteiger partial charge in [-0.15, -0.1) is 0 Å². The molecule has 5 nitrogen and oxygen atoms in total. The average Bonchev–Trinajstić information content (AvgIpc) is 1.98. The summed E-state index contributed by atoms with van der Waals surface area (Å²) in [6.45, 7) is 3.38. The van der Waals surface area contributed by atoms with Crippen molar-refractivity contribution in [2.75, 3.05) is 13.1 Å². The van der Waals surface area contributed by atoms with Gasteiger partial charge in [0.2, 0.25) is 0 Å². The van der Waals surface area contributed by atoms with Crippen LogP contribution in [0.15, 0.2) is 0 Å². The number of carboxylic acid groups (broad SMARTS) is 2. The smallest absolute Gasteiger partial charge is 0.320 e. The summed E-state index contributed by atoms with van der Waals surface area (Å²) in [7, 11) is 0. The maximum absolute atomic E-state index is 10.4. The van der Waals surface area contributed by atoms with E-state index >= 15 is 0 Å². The molecule has 1 unspecified atom stereocenters. The van der Waals surface area contributed by atoms with Gasteiger partial charge in [0.05, 0.1) is 6.54 Å². The Morgan fingerprint density at radius 1 is 1.42 bits per heavy atom. The Morgan fingerprint density at radius 3 is 2.17 bits per heavy atom. The van der Waals surface area contributed by atoms with Gasteiger partial charge in [-0.3, -0.25) is 14.5 Å². The molecular formula is C7H13NO4. The van der Waals surface area contributed by atoms with E-state index in [1.807, 2.05) is 0 Å². The SMILES string of the molecule is CCN(CC(=O)O)C(C)C(=O)O. The lowest BCUT2D eigenvalue weighted by Gasteiger charge is -2.21. The Kier molecular flexibility index (Phi) is 4.28. The van der Waals surface area contributed by atoms with Crippen molar-refractivity contribution < 1.29 is 19.8 Å². The second kappa shape index (κ2) is 4.71. The summed E-state index contributed by atoms with van der Waals surface area (Å²) in [6, 6.07) is -0.744. The van der Waals surface area contributed by atoms with Gasteiger partial charge in [0.25, 0.3) is 0 Å². The van der Waals surface area contributed by atoms with Crippen LogP contribution in [0.2, 0.25) is 0 Å². The zero-order valence-electron chi connectivity index (χ0n) is 7.15. The first kappa shape index (κ1) is 10.9. The molecule has 0 aromatic heterocycles. The Labute approximate surface area is 70.6 Å². The fourth-order valence-corrected chi connectivity index (χ4v) is 0.853. The fourth-order valence-electron chi connectivity index (χ4n) is 0.853. The second-order valence-electron chi connectivity index (χ2n) is 2.47. The summed E-state index contributed by atoms with van der Waals surface area (Å²) in [6.07, 6.45) is 0. The van der Waals surface area contributed by atoms with Crippen molar-refractivity contribution in [3.05, 3.63) is 0 Å². The number of hydrogen-bond donors (Lipinski definition) is 2. The number of carbonyl (C=O) groups is 2. The van der Waals surface area contributed by atoms with E-state index in [0.29, 0.717) is 6.54 Å². The van der Waals surface area contributed by atoms with E-state index in [2.05, 4.69) is 0 Å². The third-order valence-electron chi connectivity index (χ3n) is 1.65. The van der Waals surface area contributed by atoms with Crippen molar-refractivity contribution in [3.8, 4) is 0 Å². The van der Waals surface area contributed by atoms with Crippen LogP contribution in [0.4, 0.5) is 0 Å². The Morgan fingerprint density at radius 2 is 1.92 bits per heavy atom. The molecule has 0 aliphatic heterocycles. The van der Waals surface area contributed by atoms with Crippen molar-refractivity contribution in [2.24, 2.45) is 0 Å². The van der Waals surface area contributed by atoms with Crippen LogP contribution in [0, 0.1) is 0 Å². The number of nitrogens with zero attached hydrogens (tertiary/aromatic N) is 1. The molecular weight excluding hydrogens is 162 g/mol. The Hall–Kier alpha value is -1.10. The summed E-state index contributed by atoms with van der Waals surface area (Å²) >= 11 is 0. The highest BCUT2D eigenvalue weighted by atomic mass is 16.4. The molecule has 2 N–H and O–H groups in total. The Balaban J connectivity index is 4.14. The summed E-state index contributed by atoms with van der Waals surface area (Å²) in [5, 5.41) is 17.0. The lowest BCUT2D eigenvalue weighted by atomic mass is 10.3. The molecule has 0 spiro atoms. The quantitative estimate of drug-likeness (QED) is 0.608. The van der Waals surface area contributed by atoms with E-state index in [-0.39, 0.29) is 6.54 Å². The standard InChI is InChI=1S/C7H13NO4/c1-3-8(4-6(9)10)5(2)7(11)12/h5H,3-4H2,1-2H3,(H,9,10)(H,11,12). The van der Waals surface area contributed by atoms with Crippen LogP contribution in [-0.2, 0) is 9.59 Å². The molecule has 0 saturated heterocycles. The van der Waals surface area contributed by atoms with Gasteiger partial charge in [-0.05, 0) is 13.5 Å². The summed E-state index contributed by atoms with van der Waals surface area (Å²) in [4.78, 5) is 22.1. The zero-order chi connectivity index (χ0) is 9.72. The first-order valence-electron chi connectivity index (χ1n) is 3.67. The van der Waals surface area contributed by atoms with E-state index in [0.717, 1.165) is 0 Å². The van der Waals surface area contributed by atoms with E-state index in [1.54, 1.807) is 6.92 Å². The normalized spacial score (nSPS) is 12.9. The molecule has 1 atom stereocenters. The first-order valence-corrected chi connectivity index (χ1v) is 3.67. The Bertz CT molecular complexity index is 180. The third-order valence-corrected chi connectivity index (χ3v) is 1.65. The lowest BCUT2D eigenvalue weighted by molar-refractivity contribution is -0.145.